The van der Waals surface area contributed by atoms with Gasteiger partial charge in [0.1, 0.15) is 0 Å². The zero-order valence-corrected chi connectivity index (χ0v) is 13.3. The molecule has 0 radical (unpaired) electrons. The van der Waals surface area contributed by atoms with Crippen molar-refractivity contribution in [1.82, 2.24) is 4.57 Å². The standard InChI is InChI=1S/C16H18N2O3S/c1-17-14-8-7-12(18(20)21)9-11(14)10-15(16(17)19)22-13-5-3-2-4-6-13/h7-10,13H,2-6H2,1H3. The van der Waals surface area contributed by atoms with E-state index in [0.717, 1.165) is 23.7 Å². The largest absolute Gasteiger partial charge is 0.310 e. The van der Waals surface area contributed by atoms with Crippen molar-refractivity contribution in [2.45, 2.75) is 42.2 Å². The first-order chi connectivity index (χ1) is 10.6. The number of hydrogen-bond acceptors (Lipinski definition) is 4. The van der Waals surface area contributed by atoms with E-state index in [1.54, 1.807) is 35.5 Å². The third-order valence-corrected chi connectivity index (χ3v) is 5.58. The van der Waals surface area contributed by atoms with Gasteiger partial charge in [-0.25, -0.2) is 0 Å². The summed E-state index contributed by atoms with van der Waals surface area (Å²) in [6, 6.07) is 6.43. The van der Waals surface area contributed by atoms with E-state index in [2.05, 4.69) is 0 Å². The first-order valence-corrected chi connectivity index (χ1v) is 8.39. The summed E-state index contributed by atoms with van der Waals surface area (Å²) in [5.41, 5.74) is 0.764. The van der Waals surface area contributed by atoms with E-state index in [4.69, 9.17) is 0 Å². The topological polar surface area (TPSA) is 65.1 Å². The van der Waals surface area contributed by atoms with Crippen molar-refractivity contribution in [1.29, 1.82) is 0 Å². The number of nitro groups is 1. The smallest absolute Gasteiger partial charge is 0.270 e. The number of benzene rings is 1. The highest BCUT2D eigenvalue weighted by molar-refractivity contribution is 8.00. The van der Waals surface area contributed by atoms with Gasteiger partial charge in [-0.3, -0.25) is 14.9 Å². The van der Waals surface area contributed by atoms with Gasteiger partial charge < -0.3 is 4.57 Å². The Bertz CT molecular complexity index is 779. The van der Waals surface area contributed by atoms with Crippen LogP contribution in [-0.2, 0) is 7.05 Å². The molecule has 1 aromatic carbocycles. The number of non-ortho nitro benzene ring substituents is 1. The van der Waals surface area contributed by atoms with Gasteiger partial charge in [-0.05, 0) is 25.0 Å². The lowest BCUT2D eigenvalue weighted by atomic mass is 10.0. The lowest BCUT2D eigenvalue weighted by Crippen LogP contribution is -2.20. The molecule has 1 fully saturated rings. The lowest BCUT2D eigenvalue weighted by Gasteiger charge is -2.21. The number of fused-ring (bicyclic) bond motifs is 1. The number of nitrogens with zero attached hydrogens (tertiary/aromatic N) is 2. The van der Waals surface area contributed by atoms with Gasteiger partial charge in [0.15, 0.2) is 0 Å². The summed E-state index contributed by atoms with van der Waals surface area (Å²) in [4.78, 5) is 23.7. The molecule has 0 N–H and O–H groups in total. The summed E-state index contributed by atoms with van der Waals surface area (Å²) in [6.45, 7) is 0. The van der Waals surface area contributed by atoms with E-state index >= 15 is 0 Å². The second-order valence-corrected chi connectivity index (χ2v) is 7.09. The summed E-state index contributed by atoms with van der Waals surface area (Å²) in [6.07, 6.45) is 5.99. The predicted octanol–water partition coefficient (Wildman–Crippen LogP) is 3.87. The number of pyridine rings is 1. The van der Waals surface area contributed by atoms with Crippen LogP contribution in [0.5, 0.6) is 0 Å². The molecule has 0 spiro atoms. The summed E-state index contributed by atoms with van der Waals surface area (Å²) in [7, 11) is 1.72. The molecule has 0 bridgehead atoms. The quantitative estimate of drug-likeness (QED) is 0.636. The maximum absolute atomic E-state index is 12.5. The number of aromatic nitrogens is 1. The van der Waals surface area contributed by atoms with Crippen molar-refractivity contribution in [3.05, 3.63) is 44.7 Å². The number of thioether (sulfide) groups is 1. The van der Waals surface area contributed by atoms with Gasteiger partial charge in [0.2, 0.25) is 0 Å². The molecule has 6 heteroatoms. The van der Waals surface area contributed by atoms with Crippen LogP contribution in [0, 0.1) is 10.1 Å². The highest BCUT2D eigenvalue weighted by Gasteiger charge is 2.18. The van der Waals surface area contributed by atoms with Gasteiger partial charge in [-0.2, -0.15) is 0 Å². The minimum atomic E-state index is -0.404. The monoisotopic (exact) mass is 318 g/mol. The fraction of sp³-hybridized carbons (Fsp3) is 0.438. The summed E-state index contributed by atoms with van der Waals surface area (Å²) >= 11 is 1.63. The van der Waals surface area contributed by atoms with Gasteiger partial charge in [0, 0.05) is 29.8 Å². The van der Waals surface area contributed by atoms with Gasteiger partial charge in [0.25, 0.3) is 11.2 Å². The van der Waals surface area contributed by atoms with Crippen LogP contribution in [0.25, 0.3) is 10.9 Å². The van der Waals surface area contributed by atoms with E-state index in [0.29, 0.717) is 10.1 Å². The molecule has 22 heavy (non-hydrogen) atoms. The fourth-order valence-corrected chi connectivity index (χ4v) is 4.36. The Morgan fingerprint density at radius 1 is 1.23 bits per heavy atom. The number of hydrogen-bond donors (Lipinski definition) is 0. The third-order valence-electron chi connectivity index (χ3n) is 4.23. The van der Waals surface area contributed by atoms with Gasteiger partial charge in [0.05, 0.1) is 15.3 Å². The minimum absolute atomic E-state index is 0.0167. The summed E-state index contributed by atoms with van der Waals surface area (Å²) in [5, 5.41) is 12.2. The van der Waals surface area contributed by atoms with Gasteiger partial charge in [-0.15, -0.1) is 11.8 Å². The van der Waals surface area contributed by atoms with Crippen LogP contribution < -0.4 is 5.56 Å². The molecular weight excluding hydrogens is 300 g/mol. The third kappa shape index (κ3) is 2.88. The first kappa shape index (κ1) is 15.1. The molecule has 1 heterocycles. The molecule has 5 nitrogen and oxygen atoms in total. The van der Waals surface area contributed by atoms with Crippen LogP contribution in [-0.4, -0.2) is 14.7 Å². The molecule has 0 saturated heterocycles. The molecule has 0 atom stereocenters. The van der Waals surface area contributed by atoms with Crippen molar-refractivity contribution < 1.29 is 4.92 Å². The minimum Gasteiger partial charge on any atom is -0.310 e. The molecule has 1 saturated carbocycles. The maximum atomic E-state index is 12.5. The van der Waals surface area contributed by atoms with E-state index < -0.39 is 4.92 Å². The van der Waals surface area contributed by atoms with Gasteiger partial charge in [-0.1, -0.05) is 19.3 Å². The number of rotatable bonds is 3. The van der Waals surface area contributed by atoms with Crippen LogP contribution in [0.1, 0.15) is 32.1 Å². The second-order valence-electron chi connectivity index (χ2n) is 5.75. The van der Waals surface area contributed by atoms with Crippen molar-refractivity contribution in [2.75, 3.05) is 0 Å². The van der Waals surface area contributed by atoms with Crippen LogP contribution in [0.2, 0.25) is 0 Å². The zero-order valence-electron chi connectivity index (χ0n) is 12.4. The van der Waals surface area contributed by atoms with Crippen molar-refractivity contribution in [3.8, 4) is 0 Å². The average molecular weight is 318 g/mol. The number of nitro benzene ring substituents is 1. The van der Waals surface area contributed by atoms with Crippen LogP contribution >= 0.6 is 11.8 Å². The molecule has 0 amide bonds. The molecule has 116 valence electrons. The van der Waals surface area contributed by atoms with Gasteiger partial charge >= 0.3 is 0 Å². The zero-order chi connectivity index (χ0) is 15.7. The average Bonchev–Trinajstić information content (AvgIpc) is 2.53. The van der Waals surface area contributed by atoms with Crippen LogP contribution in [0.4, 0.5) is 5.69 Å². The molecule has 2 aromatic rings. The predicted molar refractivity (Wildman–Crippen MR) is 88.6 cm³/mol. The Hall–Kier alpha value is -1.82. The highest BCUT2D eigenvalue weighted by atomic mass is 32.2. The normalized spacial score (nSPS) is 16.0. The molecular formula is C16H18N2O3S. The van der Waals surface area contributed by atoms with Crippen molar-refractivity contribution in [3.63, 3.8) is 0 Å². The number of aryl methyl sites for hydroxylation is 1. The van der Waals surface area contributed by atoms with Crippen molar-refractivity contribution >= 4 is 28.4 Å². The first-order valence-electron chi connectivity index (χ1n) is 7.51. The Morgan fingerprint density at radius 3 is 2.64 bits per heavy atom. The van der Waals surface area contributed by atoms with Crippen molar-refractivity contribution in [2.24, 2.45) is 7.05 Å². The van der Waals surface area contributed by atoms with E-state index in [1.807, 2.05) is 6.07 Å². The Kier molecular flexibility index (Phi) is 4.20. The van der Waals surface area contributed by atoms with E-state index in [9.17, 15) is 14.9 Å². The molecule has 1 aliphatic carbocycles. The highest BCUT2D eigenvalue weighted by Crippen LogP contribution is 2.33. The molecule has 0 unspecified atom stereocenters. The summed E-state index contributed by atoms with van der Waals surface area (Å²) < 4.78 is 1.59. The van der Waals surface area contributed by atoms with Crippen LogP contribution in [0.3, 0.4) is 0 Å². The second kappa shape index (κ2) is 6.12. The lowest BCUT2D eigenvalue weighted by molar-refractivity contribution is -0.384. The SMILES string of the molecule is Cn1c(=O)c(SC2CCCCC2)cc2cc([N+](=O)[O-])ccc21. The molecule has 1 aromatic heterocycles. The molecule has 1 aliphatic rings. The van der Waals surface area contributed by atoms with E-state index in [-0.39, 0.29) is 11.2 Å². The fourth-order valence-electron chi connectivity index (χ4n) is 3.00. The maximum Gasteiger partial charge on any atom is 0.270 e. The Labute approximate surface area is 132 Å². The Morgan fingerprint density at radius 2 is 1.95 bits per heavy atom. The summed E-state index contributed by atoms with van der Waals surface area (Å²) in [5.74, 6) is 0. The molecule has 0 aliphatic heterocycles. The van der Waals surface area contributed by atoms with Crippen LogP contribution in [0.15, 0.2) is 34.0 Å². The Balaban J connectivity index is 2.03. The van der Waals surface area contributed by atoms with E-state index in [1.165, 1.54) is 25.3 Å². The molecule has 3 rings (SSSR count).